The summed E-state index contributed by atoms with van der Waals surface area (Å²) in [7, 11) is 0. The van der Waals surface area contributed by atoms with Gasteiger partial charge in [-0.05, 0) is 51.3 Å². The summed E-state index contributed by atoms with van der Waals surface area (Å²) < 4.78 is 15.0. The Morgan fingerprint density at radius 2 is 1.76 bits per heavy atom. The van der Waals surface area contributed by atoms with Crippen LogP contribution in [0.4, 0.5) is 0 Å². The van der Waals surface area contributed by atoms with Crippen molar-refractivity contribution in [1.82, 2.24) is 19.7 Å². The lowest BCUT2D eigenvalue weighted by atomic mass is 9.84. The standard InChI is InChI=1S/C39H46N5O4S/c1-8-10-36(45)47-21-32-11-9-18-40-37(32)29(6)39(46)48-30(7)43-23-41-44(24-43)20-34(33-19-26(3)12-15-27(33)4)28(5)38-42-35(22-49-38)31-16-13-25(2)14-17-31/h9,11-19,22-24,28-30,34H,8,10,20-21H2,1-7H3/q+1/t28-,29?,30?,34?/m1/s1. The van der Waals surface area contributed by atoms with Crippen LogP contribution in [0.15, 0.2) is 78.8 Å². The first-order valence-electron chi connectivity index (χ1n) is 16.9. The Morgan fingerprint density at radius 1 is 1.00 bits per heavy atom. The van der Waals surface area contributed by atoms with Crippen LogP contribution in [0, 0.1) is 20.8 Å². The molecule has 0 N–H and O–H groups in total. The third-order valence-electron chi connectivity index (χ3n) is 8.92. The number of nitrogens with zero attached hydrogens (tertiary/aromatic N) is 5. The number of aromatic nitrogens is 5. The summed E-state index contributed by atoms with van der Waals surface area (Å²) in [6.45, 7) is 14.8. The van der Waals surface area contributed by atoms with Gasteiger partial charge in [-0.1, -0.05) is 73.5 Å². The Hall–Kier alpha value is -4.70. The average Bonchev–Trinajstić information content (AvgIpc) is 3.78. The summed E-state index contributed by atoms with van der Waals surface area (Å²) >= 11 is 1.69. The molecule has 0 amide bonds. The third-order valence-corrected chi connectivity index (χ3v) is 9.97. The van der Waals surface area contributed by atoms with E-state index in [1.807, 2.05) is 30.9 Å². The van der Waals surface area contributed by atoms with E-state index in [0.717, 1.165) is 16.3 Å². The predicted octanol–water partition coefficient (Wildman–Crippen LogP) is 7.91. The molecule has 5 rings (SSSR count). The maximum atomic E-state index is 13.3. The minimum absolute atomic E-state index is 0.0605. The fourth-order valence-electron chi connectivity index (χ4n) is 5.87. The van der Waals surface area contributed by atoms with Crippen LogP contribution in [0.25, 0.3) is 11.3 Å². The van der Waals surface area contributed by atoms with E-state index in [1.54, 1.807) is 41.4 Å². The predicted molar refractivity (Wildman–Crippen MR) is 190 cm³/mol. The van der Waals surface area contributed by atoms with Crippen LogP contribution in [0.2, 0.25) is 0 Å². The first-order valence-corrected chi connectivity index (χ1v) is 17.7. The van der Waals surface area contributed by atoms with Gasteiger partial charge >= 0.3 is 11.9 Å². The first kappa shape index (κ1) is 35.6. The molecule has 0 aliphatic heterocycles. The third kappa shape index (κ3) is 8.86. The summed E-state index contributed by atoms with van der Waals surface area (Å²) in [4.78, 5) is 34.8. The van der Waals surface area contributed by atoms with Gasteiger partial charge in [-0.2, -0.15) is 4.57 Å². The van der Waals surface area contributed by atoms with Crippen molar-refractivity contribution < 1.29 is 23.6 Å². The number of pyridine rings is 1. The van der Waals surface area contributed by atoms with Crippen LogP contribution in [-0.2, 0) is 32.2 Å². The van der Waals surface area contributed by atoms with E-state index in [9.17, 15) is 9.59 Å². The zero-order valence-corrected chi connectivity index (χ0v) is 30.2. The van der Waals surface area contributed by atoms with Gasteiger partial charge < -0.3 is 9.47 Å². The van der Waals surface area contributed by atoms with Crippen molar-refractivity contribution in [3.05, 3.63) is 117 Å². The van der Waals surface area contributed by atoms with Gasteiger partial charge in [-0.3, -0.25) is 14.6 Å². The maximum Gasteiger partial charge on any atom is 0.317 e. The topological polar surface area (TPSA) is 100 Å². The van der Waals surface area contributed by atoms with E-state index < -0.39 is 18.1 Å². The molecule has 0 aliphatic rings. The van der Waals surface area contributed by atoms with Crippen molar-refractivity contribution in [2.45, 2.75) is 98.4 Å². The number of hydrogen-bond donors (Lipinski definition) is 0. The second kappa shape index (κ2) is 16.1. The molecule has 0 saturated carbocycles. The number of esters is 2. The van der Waals surface area contributed by atoms with Gasteiger partial charge in [0.1, 0.15) is 13.2 Å². The van der Waals surface area contributed by atoms with E-state index in [0.29, 0.717) is 30.6 Å². The van der Waals surface area contributed by atoms with Crippen molar-refractivity contribution in [2.24, 2.45) is 0 Å². The van der Waals surface area contributed by atoms with Crippen molar-refractivity contribution in [1.29, 1.82) is 0 Å². The van der Waals surface area contributed by atoms with E-state index in [1.165, 1.54) is 22.3 Å². The molecule has 3 aromatic heterocycles. The minimum Gasteiger partial charge on any atom is -0.461 e. The Balaban J connectivity index is 1.31. The first-order chi connectivity index (χ1) is 23.5. The molecule has 10 heteroatoms. The Kier molecular flexibility index (Phi) is 11.7. The minimum atomic E-state index is -0.656. The quantitative estimate of drug-likeness (QED) is 0.0868. The lowest BCUT2D eigenvalue weighted by Crippen LogP contribution is -2.39. The van der Waals surface area contributed by atoms with Gasteiger partial charge in [-0.15, -0.1) is 16.0 Å². The molecular weight excluding hydrogens is 635 g/mol. The molecule has 0 fully saturated rings. The van der Waals surface area contributed by atoms with Gasteiger partial charge in [0.2, 0.25) is 12.6 Å². The molecule has 0 saturated heterocycles. The normalized spacial score (nSPS) is 13.8. The number of carbonyl (C=O) groups excluding carboxylic acids is 2. The van der Waals surface area contributed by atoms with Crippen LogP contribution in [0.1, 0.15) is 103 Å². The van der Waals surface area contributed by atoms with E-state index in [-0.39, 0.29) is 24.4 Å². The molecule has 4 atom stereocenters. The fourth-order valence-corrected chi connectivity index (χ4v) is 6.83. The molecular formula is C39H46N5O4S+. The molecule has 0 radical (unpaired) electrons. The highest BCUT2D eigenvalue weighted by Gasteiger charge is 2.30. The highest BCUT2D eigenvalue weighted by atomic mass is 32.1. The summed E-state index contributed by atoms with van der Waals surface area (Å²) in [5.41, 5.74) is 8.24. The number of aryl methyl sites for hydroxylation is 3. The van der Waals surface area contributed by atoms with Crippen LogP contribution in [-0.4, -0.2) is 31.7 Å². The molecule has 9 nitrogen and oxygen atoms in total. The molecule has 3 unspecified atom stereocenters. The molecule has 49 heavy (non-hydrogen) atoms. The van der Waals surface area contributed by atoms with Gasteiger partial charge in [-0.25, -0.2) is 4.98 Å². The number of ether oxygens (including phenoxy) is 2. The smallest absolute Gasteiger partial charge is 0.317 e. The zero-order valence-electron chi connectivity index (χ0n) is 29.4. The summed E-state index contributed by atoms with van der Waals surface area (Å²) in [6.07, 6.45) is 5.64. The highest BCUT2D eigenvalue weighted by Crippen LogP contribution is 2.38. The monoisotopic (exact) mass is 680 g/mol. The molecule has 0 aliphatic carbocycles. The molecule has 0 spiro atoms. The Morgan fingerprint density at radius 3 is 2.51 bits per heavy atom. The largest absolute Gasteiger partial charge is 0.461 e. The summed E-state index contributed by atoms with van der Waals surface area (Å²) in [5, 5.41) is 7.90. The number of hydrogen-bond acceptors (Lipinski definition) is 8. The molecule has 0 bridgehead atoms. The second-order valence-electron chi connectivity index (χ2n) is 12.8. The number of thiazole rings is 1. The van der Waals surface area contributed by atoms with Crippen LogP contribution < -0.4 is 4.57 Å². The van der Waals surface area contributed by atoms with E-state index >= 15 is 0 Å². The van der Waals surface area contributed by atoms with E-state index in [4.69, 9.17) is 14.5 Å². The average molecular weight is 681 g/mol. The molecule has 5 aromatic rings. The Bertz CT molecular complexity index is 1880. The van der Waals surface area contributed by atoms with Crippen LogP contribution in [0.3, 0.4) is 0 Å². The van der Waals surface area contributed by atoms with Gasteiger partial charge in [0.05, 0.1) is 22.3 Å². The number of rotatable bonds is 14. The van der Waals surface area contributed by atoms with Crippen molar-refractivity contribution in [3.8, 4) is 11.3 Å². The SMILES string of the molecule is CCCC(=O)OCc1cccnc1C(C)C(=O)OC(C)[n+]1cnn(CC(c2cc(C)ccc2C)[C@@H](C)c2nc(-c3ccc(C)cc3)cs2)c1. The number of carbonyl (C=O) groups is 2. The van der Waals surface area contributed by atoms with Crippen molar-refractivity contribution in [2.75, 3.05) is 0 Å². The lowest BCUT2D eigenvalue weighted by molar-refractivity contribution is -0.754. The Labute approximate surface area is 293 Å². The molecule has 256 valence electrons. The molecule has 2 aromatic carbocycles. The summed E-state index contributed by atoms with van der Waals surface area (Å²) in [5.74, 6) is -1.15. The van der Waals surface area contributed by atoms with Crippen molar-refractivity contribution in [3.63, 3.8) is 0 Å². The van der Waals surface area contributed by atoms with Crippen LogP contribution >= 0.6 is 11.3 Å². The van der Waals surface area contributed by atoms with E-state index in [2.05, 4.69) is 85.6 Å². The van der Waals surface area contributed by atoms with Gasteiger partial charge in [0.15, 0.2) is 0 Å². The zero-order chi connectivity index (χ0) is 35.1. The van der Waals surface area contributed by atoms with Gasteiger partial charge in [0.25, 0.3) is 6.33 Å². The highest BCUT2D eigenvalue weighted by molar-refractivity contribution is 7.10. The van der Waals surface area contributed by atoms with Crippen LogP contribution in [0.5, 0.6) is 0 Å². The second-order valence-corrected chi connectivity index (χ2v) is 13.7. The maximum absolute atomic E-state index is 13.3. The fraction of sp³-hybridized carbons (Fsp3) is 0.385. The molecule has 3 heterocycles. The number of benzene rings is 2. The van der Waals surface area contributed by atoms with Crippen molar-refractivity contribution >= 4 is 23.3 Å². The summed E-state index contributed by atoms with van der Waals surface area (Å²) in [6, 6.07) is 18.7. The van der Waals surface area contributed by atoms with Gasteiger partial charge in [0, 0.05) is 53.0 Å². The lowest BCUT2D eigenvalue weighted by Gasteiger charge is -2.23.